The summed E-state index contributed by atoms with van der Waals surface area (Å²) in [5, 5.41) is 15.6. The smallest absolute Gasteiger partial charge is 0.307 e. The average Bonchev–Trinajstić information content (AvgIpc) is 3.14. The molecule has 2 aliphatic rings. The van der Waals surface area contributed by atoms with E-state index in [0.29, 0.717) is 34.3 Å². The molecule has 0 unspecified atom stereocenters. The highest BCUT2D eigenvalue weighted by Crippen LogP contribution is 2.29. The van der Waals surface area contributed by atoms with E-state index in [2.05, 4.69) is 15.6 Å². The lowest BCUT2D eigenvalue weighted by Crippen LogP contribution is -2.46. The number of anilines is 1. The molecule has 0 atom stereocenters. The van der Waals surface area contributed by atoms with E-state index in [0.717, 1.165) is 24.3 Å². The lowest BCUT2D eigenvalue weighted by molar-refractivity contribution is -0.136. The number of nitrogens with zero attached hydrogens (tertiary/aromatic N) is 2. The van der Waals surface area contributed by atoms with Gasteiger partial charge in [-0.3, -0.25) is 14.4 Å². The summed E-state index contributed by atoms with van der Waals surface area (Å²) in [6.45, 7) is 3.01. The molecule has 8 nitrogen and oxygen atoms in total. The lowest BCUT2D eigenvalue weighted by Gasteiger charge is -2.27. The summed E-state index contributed by atoms with van der Waals surface area (Å²) < 4.78 is 0. The van der Waals surface area contributed by atoms with Crippen LogP contribution in [0.1, 0.15) is 21.5 Å². The zero-order valence-corrected chi connectivity index (χ0v) is 18.0. The number of rotatable bonds is 5. The van der Waals surface area contributed by atoms with Gasteiger partial charge in [0.1, 0.15) is 0 Å². The first kappa shape index (κ1) is 21.8. The largest absolute Gasteiger partial charge is 0.481 e. The van der Waals surface area contributed by atoms with Gasteiger partial charge in [0, 0.05) is 37.4 Å². The van der Waals surface area contributed by atoms with Crippen molar-refractivity contribution < 1.29 is 19.5 Å². The summed E-state index contributed by atoms with van der Waals surface area (Å²) >= 11 is 1.23. The maximum atomic E-state index is 12.6. The van der Waals surface area contributed by atoms with Crippen molar-refractivity contribution in [1.29, 1.82) is 0 Å². The number of benzene rings is 2. The predicted octanol–water partition coefficient (Wildman–Crippen LogP) is 2.44. The van der Waals surface area contributed by atoms with E-state index in [-0.39, 0.29) is 18.2 Å². The van der Waals surface area contributed by atoms with Gasteiger partial charge in [-0.1, -0.05) is 24.3 Å². The number of hydrogen-bond acceptors (Lipinski definition) is 6. The molecule has 0 radical (unpaired) electrons. The third-order valence-electron chi connectivity index (χ3n) is 5.04. The van der Waals surface area contributed by atoms with Crippen molar-refractivity contribution in [3.8, 4) is 0 Å². The van der Waals surface area contributed by atoms with E-state index in [1.165, 1.54) is 11.8 Å². The first-order chi connectivity index (χ1) is 15.5. The van der Waals surface area contributed by atoms with Crippen molar-refractivity contribution >= 4 is 46.5 Å². The Morgan fingerprint density at radius 2 is 1.78 bits per heavy atom. The van der Waals surface area contributed by atoms with Gasteiger partial charge < -0.3 is 20.6 Å². The molecule has 2 amide bonds. The maximum Gasteiger partial charge on any atom is 0.307 e. The highest BCUT2D eigenvalue weighted by atomic mass is 32.2. The van der Waals surface area contributed by atoms with Crippen molar-refractivity contribution in [2.24, 2.45) is 4.99 Å². The topological polar surface area (TPSA) is 111 Å². The fourth-order valence-corrected chi connectivity index (χ4v) is 4.22. The molecule has 0 saturated carbocycles. The van der Waals surface area contributed by atoms with Crippen LogP contribution in [0.3, 0.4) is 0 Å². The fourth-order valence-electron chi connectivity index (χ4n) is 3.39. The zero-order valence-electron chi connectivity index (χ0n) is 17.2. The Hall–Kier alpha value is -3.43. The van der Waals surface area contributed by atoms with Crippen LogP contribution in [0.2, 0.25) is 0 Å². The third kappa shape index (κ3) is 5.43. The van der Waals surface area contributed by atoms with Gasteiger partial charge in [-0.2, -0.15) is 4.99 Å². The van der Waals surface area contributed by atoms with Crippen LogP contribution in [-0.2, 0) is 16.0 Å². The Morgan fingerprint density at radius 1 is 1.09 bits per heavy atom. The average molecular weight is 451 g/mol. The molecule has 2 heterocycles. The van der Waals surface area contributed by atoms with Crippen LogP contribution in [0.5, 0.6) is 0 Å². The molecule has 0 spiro atoms. The summed E-state index contributed by atoms with van der Waals surface area (Å²) in [5.74, 6) is -1.20. The van der Waals surface area contributed by atoms with Gasteiger partial charge in [0.05, 0.1) is 11.3 Å². The van der Waals surface area contributed by atoms with Gasteiger partial charge in [0.25, 0.3) is 11.8 Å². The molecule has 0 aliphatic carbocycles. The molecule has 0 bridgehead atoms. The normalized spacial score (nSPS) is 17.4. The molecule has 2 aromatic carbocycles. The number of hydrogen-bond donors (Lipinski definition) is 3. The van der Waals surface area contributed by atoms with Crippen LogP contribution in [0.25, 0.3) is 6.08 Å². The van der Waals surface area contributed by atoms with Gasteiger partial charge in [-0.15, -0.1) is 0 Å². The van der Waals surface area contributed by atoms with Crippen molar-refractivity contribution in [3.05, 3.63) is 70.1 Å². The molecule has 0 aromatic heterocycles. The number of piperazine rings is 1. The van der Waals surface area contributed by atoms with Crippen LogP contribution >= 0.6 is 11.8 Å². The lowest BCUT2D eigenvalue weighted by atomic mass is 10.1. The number of amidine groups is 1. The Bertz CT molecular complexity index is 1090. The molecule has 1 fully saturated rings. The maximum absolute atomic E-state index is 12.6. The number of carbonyl (C=O) groups is 3. The first-order valence-corrected chi connectivity index (χ1v) is 11.0. The van der Waals surface area contributed by atoms with Crippen LogP contribution in [0.4, 0.5) is 5.69 Å². The van der Waals surface area contributed by atoms with E-state index in [1.54, 1.807) is 42.5 Å². The summed E-state index contributed by atoms with van der Waals surface area (Å²) in [6, 6.07) is 14.1. The number of thioether (sulfide) groups is 1. The molecule has 32 heavy (non-hydrogen) atoms. The molecular weight excluding hydrogens is 428 g/mol. The van der Waals surface area contributed by atoms with Crippen LogP contribution in [0, 0.1) is 0 Å². The van der Waals surface area contributed by atoms with Crippen LogP contribution in [0.15, 0.2) is 58.4 Å². The molecule has 1 saturated heterocycles. The minimum atomic E-state index is -0.886. The van der Waals surface area contributed by atoms with Gasteiger partial charge in [0.2, 0.25) is 0 Å². The molecule has 2 aromatic rings. The van der Waals surface area contributed by atoms with Crippen LogP contribution in [-0.4, -0.2) is 59.1 Å². The van der Waals surface area contributed by atoms with E-state index in [9.17, 15) is 14.4 Å². The summed E-state index contributed by atoms with van der Waals surface area (Å²) in [4.78, 5) is 42.0. The standard InChI is InChI=1S/C23H22N4O4S/c28-20(29)14-16-3-7-18(8-4-16)25-23-26-21(30)19(32-23)13-15-1-5-17(6-2-15)22(31)27-11-9-24-10-12-27/h1-8,13,24H,9-12,14H2,(H,28,29)(H,25,26,30)/b19-13-. The number of carboxylic acid groups (broad SMARTS) is 1. The molecule has 4 rings (SSSR count). The minimum Gasteiger partial charge on any atom is -0.481 e. The Balaban J connectivity index is 1.37. The number of carbonyl (C=O) groups excluding carboxylic acids is 2. The zero-order chi connectivity index (χ0) is 22.5. The van der Waals surface area contributed by atoms with E-state index < -0.39 is 5.97 Å². The molecule has 164 valence electrons. The molecular formula is C23H22N4O4S. The van der Waals surface area contributed by atoms with Gasteiger partial charge in [0.15, 0.2) is 5.17 Å². The number of nitrogens with one attached hydrogen (secondary N) is 2. The van der Waals surface area contributed by atoms with E-state index in [1.807, 2.05) is 17.0 Å². The molecule has 9 heteroatoms. The van der Waals surface area contributed by atoms with Crippen molar-refractivity contribution in [1.82, 2.24) is 10.2 Å². The number of aliphatic carboxylic acids is 1. The van der Waals surface area contributed by atoms with Gasteiger partial charge in [-0.05, 0) is 53.2 Å². The van der Waals surface area contributed by atoms with E-state index >= 15 is 0 Å². The second kappa shape index (κ2) is 9.80. The van der Waals surface area contributed by atoms with Crippen molar-refractivity contribution in [2.45, 2.75) is 6.42 Å². The first-order valence-electron chi connectivity index (χ1n) is 10.2. The Morgan fingerprint density at radius 3 is 2.44 bits per heavy atom. The summed E-state index contributed by atoms with van der Waals surface area (Å²) in [6.07, 6.45) is 1.71. The van der Waals surface area contributed by atoms with E-state index in [4.69, 9.17) is 5.11 Å². The number of aliphatic imine (C=N–C) groups is 1. The monoisotopic (exact) mass is 450 g/mol. The second-order valence-electron chi connectivity index (χ2n) is 7.39. The quantitative estimate of drug-likeness (QED) is 0.600. The summed E-state index contributed by atoms with van der Waals surface area (Å²) in [5.41, 5.74) is 2.85. The summed E-state index contributed by atoms with van der Waals surface area (Å²) in [7, 11) is 0. The highest BCUT2D eigenvalue weighted by Gasteiger charge is 2.22. The SMILES string of the molecule is O=C(O)Cc1ccc(NC2=NC(=O)/C(=C/c3ccc(C(=O)N4CCNCC4)cc3)S2)cc1. The van der Waals surface area contributed by atoms with Gasteiger partial charge >= 0.3 is 5.97 Å². The Kier molecular flexibility index (Phi) is 6.67. The second-order valence-corrected chi connectivity index (χ2v) is 8.42. The van der Waals surface area contributed by atoms with Crippen LogP contribution < -0.4 is 10.6 Å². The molecule has 2 aliphatic heterocycles. The van der Waals surface area contributed by atoms with Crippen molar-refractivity contribution in [2.75, 3.05) is 31.5 Å². The Labute approximate surface area is 189 Å². The molecule has 3 N–H and O–H groups in total. The third-order valence-corrected chi connectivity index (χ3v) is 5.94. The number of carboxylic acids is 1. The highest BCUT2D eigenvalue weighted by molar-refractivity contribution is 8.18. The minimum absolute atomic E-state index is 0.0150. The predicted molar refractivity (Wildman–Crippen MR) is 125 cm³/mol. The van der Waals surface area contributed by atoms with Crippen molar-refractivity contribution in [3.63, 3.8) is 0 Å². The van der Waals surface area contributed by atoms with Gasteiger partial charge in [-0.25, -0.2) is 0 Å². The number of amides is 2. The fraction of sp³-hybridized carbons (Fsp3) is 0.217.